The zero-order chi connectivity index (χ0) is 12.9. The zero-order valence-corrected chi connectivity index (χ0v) is 12.1. The summed E-state index contributed by atoms with van der Waals surface area (Å²) in [5.41, 5.74) is 6.05. The molecule has 0 saturated heterocycles. The molecule has 3 N–H and O–H groups in total. The zero-order valence-electron chi connectivity index (χ0n) is 11.3. The highest BCUT2D eigenvalue weighted by atomic mass is 35.5. The van der Waals surface area contributed by atoms with E-state index in [1.165, 1.54) is 0 Å². The molecule has 4 heteroatoms. The number of nitrogens with one attached hydrogen (secondary N) is 1. The minimum Gasteiger partial charge on any atom is -0.355 e. The minimum absolute atomic E-state index is 0. The van der Waals surface area contributed by atoms with Gasteiger partial charge in [-0.2, -0.15) is 0 Å². The van der Waals surface area contributed by atoms with Gasteiger partial charge in [0.2, 0.25) is 5.91 Å². The minimum atomic E-state index is -0.504. The van der Waals surface area contributed by atoms with E-state index in [9.17, 15) is 4.79 Å². The van der Waals surface area contributed by atoms with Crippen LogP contribution < -0.4 is 11.1 Å². The first-order valence-corrected chi connectivity index (χ1v) is 6.02. The van der Waals surface area contributed by atoms with Crippen molar-refractivity contribution in [2.24, 2.45) is 11.7 Å². The SMILES string of the molecule is CC(CN)CNC(=O)C(C)(C)c1ccccc1.Cl. The van der Waals surface area contributed by atoms with Crippen LogP contribution >= 0.6 is 12.4 Å². The van der Waals surface area contributed by atoms with Crippen LogP contribution in [0.3, 0.4) is 0 Å². The first-order chi connectivity index (χ1) is 7.98. The Hall–Kier alpha value is -1.06. The molecular formula is C14H23ClN2O. The summed E-state index contributed by atoms with van der Waals surface area (Å²) < 4.78 is 0. The van der Waals surface area contributed by atoms with E-state index >= 15 is 0 Å². The van der Waals surface area contributed by atoms with E-state index in [4.69, 9.17) is 5.73 Å². The average molecular weight is 271 g/mol. The van der Waals surface area contributed by atoms with Gasteiger partial charge in [0, 0.05) is 6.54 Å². The van der Waals surface area contributed by atoms with Crippen molar-refractivity contribution in [1.82, 2.24) is 5.32 Å². The number of halogens is 1. The summed E-state index contributed by atoms with van der Waals surface area (Å²) in [6.07, 6.45) is 0. The van der Waals surface area contributed by atoms with Gasteiger partial charge in [-0.05, 0) is 31.9 Å². The molecule has 3 nitrogen and oxygen atoms in total. The summed E-state index contributed by atoms with van der Waals surface area (Å²) in [6, 6.07) is 9.81. The van der Waals surface area contributed by atoms with Gasteiger partial charge in [0.25, 0.3) is 0 Å². The second kappa shape index (κ2) is 7.39. The summed E-state index contributed by atoms with van der Waals surface area (Å²) in [5.74, 6) is 0.356. The van der Waals surface area contributed by atoms with Gasteiger partial charge in [-0.15, -0.1) is 12.4 Å². The Morgan fingerprint density at radius 2 is 1.89 bits per heavy atom. The summed E-state index contributed by atoms with van der Waals surface area (Å²) in [7, 11) is 0. The molecule has 1 rings (SSSR count). The second-order valence-corrected chi connectivity index (χ2v) is 5.04. The van der Waals surface area contributed by atoms with Gasteiger partial charge in [0.05, 0.1) is 5.41 Å². The third-order valence-corrected chi connectivity index (χ3v) is 3.08. The van der Waals surface area contributed by atoms with Gasteiger partial charge in [-0.1, -0.05) is 37.3 Å². The molecule has 0 radical (unpaired) electrons. The van der Waals surface area contributed by atoms with E-state index in [1.807, 2.05) is 51.1 Å². The van der Waals surface area contributed by atoms with Crippen LogP contribution in [0.2, 0.25) is 0 Å². The van der Waals surface area contributed by atoms with Crippen molar-refractivity contribution in [2.45, 2.75) is 26.2 Å². The molecule has 1 amide bonds. The Morgan fingerprint density at radius 3 is 2.39 bits per heavy atom. The maximum Gasteiger partial charge on any atom is 0.230 e. The van der Waals surface area contributed by atoms with Gasteiger partial charge < -0.3 is 11.1 Å². The molecule has 0 aliphatic heterocycles. The fraction of sp³-hybridized carbons (Fsp3) is 0.500. The summed E-state index contributed by atoms with van der Waals surface area (Å²) in [6.45, 7) is 7.11. The predicted octanol–water partition coefficient (Wildman–Crippen LogP) is 2.10. The van der Waals surface area contributed by atoms with Crippen LogP contribution in [0.25, 0.3) is 0 Å². The molecule has 0 heterocycles. The van der Waals surface area contributed by atoms with Crippen LogP contribution in [0, 0.1) is 5.92 Å². The molecule has 102 valence electrons. The highest BCUT2D eigenvalue weighted by molar-refractivity contribution is 5.87. The predicted molar refractivity (Wildman–Crippen MR) is 77.9 cm³/mol. The molecule has 0 saturated carbocycles. The van der Waals surface area contributed by atoms with E-state index in [1.54, 1.807) is 0 Å². The van der Waals surface area contributed by atoms with Crippen LogP contribution in [-0.4, -0.2) is 19.0 Å². The molecule has 1 aromatic carbocycles. The molecule has 1 unspecified atom stereocenters. The lowest BCUT2D eigenvalue weighted by molar-refractivity contribution is -0.125. The summed E-state index contributed by atoms with van der Waals surface area (Å²) >= 11 is 0. The Balaban J connectivity index is 0.00000289. The van der Waals surface area contributed by atoms with Crippen LogP contribution in [0.15, 0.2) is 30.3 Å². The Morgan fingerprint density at radius 1 is 1.33 bits per heavy atom. The van der Waals surface area contributed by atoms with Crippen molar-refractivity contribution in [3.05, 3.63) is 35.9 Å². The average Bonchev–Trinajstić information content (AvgIpc) is 2.36. The van der Waals surface area contributed by atoms with Crippen LogP contribution in [0.4, 0.5) is 0 Å². The fourth-order valence-electron chi connectivity index (χ4n) is 1.56. The van der Waals surface area contributed by atoms with Crippen molar-refractivity contribution >= 4 is 18.3 Å². The highest BCUT2D eigenvalue weighted by Gasteiger charge is 2.29. The molecule has 0 spiro atoms. The van der Waals surface area contributed by atoms with E-state index < -0.39 is 5.41 Å². The van der Waals surface area contributed by atoms with Crippen molar-refractivity contribution in [3.63, 3.8) is 0 Å². The number of carbonyl (C=O) groups is 1. The van der Waals surface area contributed by atoms with Gasteiger partial charge in [-0.25, -0.2) is 0 Å². The molecule has 0 bridgehead atoms. The number of amides is 1. The largest absolute Gasteiger partial charge is 0.355 e. The fourth-order valence-corrected chi connectivity index (χ4v) is 1.56. The van der Waals surface area contributed by atoms with E-state index in [0.717, 1.165) is 5.56 Å². The Kier molecular flexibility index (Phi) is 6.96. The molecule has 1 aromatic rings. The van der Waals surface area contributed by atoms with Gasteiger partial charge in [-0.3, -0.25) is 4.79 Å². The Bertz CT molecular complexity index is 365. The molecule has 0 fully saturated rings. The first kappa shape index (κ1) is 16.9. The third-order valence-electron chi connectivity index (χ3n) is 3.08. The van der Waals surface area contributed by atoms with E-state index in [-0.39, 0.29) is 18.3 Å². The molecule has 0 aromatic heterocycles. The van der Waals surface area contributed by atoms with Crippen molar-refractivity contribution in [3.8, 4) is 0 Å². The number of hydrogen-bond donors (Lipinski definition) is 2. The van der Waals surface area contributed by atoms with Crippen LogP contribution in [0.5, 0.6) is 0 Å². The van der Waals surface area contributed by atoms with E-state index in [2.05, 4.69) is 5.32 Å². The van der Waals surface area contributed by atoms with Crippen LogP contribution in [0.1, 0.15) is 26.3 Å². The lowest BCUT2D eigenvalue weighted by Gasteiger charge is -2.25. The van der Waals surface area contributed by atoms with Gasteiger partial charge >= 0.3 is 0 Å². The number of benzene rings is 1. The maximum absolute atomic E-state index is 12.1. The normalized spacial score (nSPS) is 12.4. The second-order valence-electron chi connectivity index (χ2n) is 5.04. The molecule has 0 aliphatic carbocycles. The smallest absolute Gasteiger partial charge is 0.230 e. The monoisotopic (exact) mass is 270 g/mol. The van der Waals surface area contributed by atoms with Gasteiger partial charge in [0.15, 0.2) is 0 Å². The highest BCUT2D eigenvalue weighted by Crippen LogP contribution is 2.22. The topological polar surface area (TPSA) is 55.1 Å². The van der Waals surface area contributed by atoms with Crippen molar-refractivity contribution in [2.75, 3.05) is 13.1 Å². The quantitative estimate of drug-likeness (QED) is 0.861. The number of carbonyl (C=O) groups excluding carboxylic acids is 1. The van der Waals surface area contributed by atoms with Gasteiger partial charge in [0.1, 0.15) is 0 Å². The number of hydrogen-bond acceptors (Lipinski definition) is 2. The third kappa shape index (κ3) is 4.31. The lowest BCUT2D eigenvalue weighted by Crippen LogP contribution is -2.42. The maximum atomic E-state index is 12.1. The van der Waals surface area contributed by atoms with Crippen molar-refractivity contribution in [1.29, 1.82) is 0 Å². The lowest BCUT2D eigenvalue weighted by atomic mass is 9.83. The number of nitrogens with two attached hydrogens (primary N) is 1. The number of rotatable bonds is 5. The standard InChI is InChI=1S/C14H22N2O.ClH/c1-11(9-15)10-16-13(17)14(2,3)12-7-5-4-6-8-12;/h4-8,11H,9-10,15H2,1-3H3,(H,16,17);1H. The van der Waals surface area contributed by atoms with Crippen LogP contribution in [-0.2, 0) is 10.2 Å². The molecule has 0 aliphatic rings. The first-order valence-electron chi connectivity index (χ1n) is 6.02. The molecule has 18 heavy (non-hydrogen) atoms. The van der Waals surface area contributed by atoms with Crippen molar-refractivity contribution < 1.29 is 4.79 Å². The van der Waals surface area contributed by atoms with E-state index in [0.29, 0.717) is 19.0 Å². The Labute approximate surface area is 116 Å². The summed E-state index contributed by atoms with van der Waals surface area (Å²) in [4.78, 5) is 12.1. The molecule has 1 atom stereocenters. The summed E-state index contributed by atoms with van der Waals surface area (Å²) in [5, 5.41) is 2.95. The molecular weight excluding hydrogens is 248 g/mol.